The molecule has 0 bridgehead atoms. The van der Waals surface area contributed by atoms with Crippen LogP contribution in [0.1, 0.15) is 20.8 Å². The van der Waals surface area contributed by atoms with Crippen molar-refractivity contribution in [3.05, 3.63) is 0 Å². The quantitative estimate of drug-likeness (QED) is 0.666. The second kappa shape index (κ2) is 6.83. The van der Waals surface area contributed by atoms with Crippen LogP contribution in [-0.4, -0.2) is 56.9 Å². The summed E-state index contributed by atoms with van der Waals surface area (Å²) in [5.74, 6) is -0.903. The Labute approximate surface area is 112 Å². The van der Waals surface area contributed by atoms with E-state index in [0.717, 1.165) is 0 Å². The van der Waals surface area contributed by atoms with Crippen LogP contribution in [0.5, 0.6) is 0 Å². The van der Waals surface area contributed by atoms with E-state index in [1.165, 1.54) is 28.1 Å². The number of carbonyl (C=O) groups excluding carboxylic acids is 2. The SMILES string of the molecule is COC1O[C@@H]([C@H](C)OC(C)=O)[C@H](OC(C)=O)[C@@H]1OC. The highest BCUT2D eigenvalue weighted by Crippen LogP contribution is 2.29. The summed E-state index contributed by atoms with van der Waals surface area (Å²) >= 11 is 0. The van der Waals surface area contributed by atoms with Gasteiger partial charge in [-0.3, -0.25) is 9.59 Å². The zero-order valence-electron chi connectivity index (χ0n) is 11.7. The van der Waals surface area contributed by atoms with Gasteiger partial charge in [0.05, 0.1) is 0 Å². The minimum atomic E-state index is -0.693. The molecule has 1 aliphatic heterocycles. The topological polar surface area (TPSA) is 80.3 Å². The molecule has 0 aromatic carbocycles. The van der Waals surface area contributed by atoms with Crippen molar-refractivity contribution >= 4 is 11.9 Å². The molecule has 1 unspecified atom stereocenters. The van der Waals surface area contributed by atoms with Crippen LogP contribution < -0.4 is 0 Å². The van der Waals surface area contributed by atoms with Gasteiger partial charge in [-0.1, -0.05) is 0 Å². The van der Waals surface area contributed by atoms with Crippen molar-refractivity contribution in [2.24, 2.45) is 0 Å². The van der Waals surface area contributed by atoms with E-state index in [1.807, 2.05) is 0 Å². The van der Waals surface area contributed by atoms with Crippen molar-refractivity contribution in [3.63, 3.8) is 0 Å². The van der Waals surface area contributed by atoms with Gasteiger partial charge in [-0.25, -0.2) is 0 Å². The van der Waals surface area contributed by atoms with Crippen molar-refractivity contribution in [1.29, 1.82) is 0 Å². The first-order valence-corrected chi connectivity index (χ1v) is 5.96. The largest absolute Gasteiger partial charge is 0.460 e. The van der Waals surface area contributed by atoms with E-state index in [2.05, 4.69) is 0 Å². The monoisotopic (exact) mass is 276 g/mol. The summed E-state index contributed by atoms with van der Waals surface area (Å²) in [5, 5.41) is 0. The summed E-state index contributed by atoms with van der Waals surface area (Å²) in [5.41, 5.74) is 0. The maximum absolute atomic E-state index is 11.2. The van der Waals surface area contributed by atoms with Crippen LogP contribution in [0.3, 0.4) is 0 Å². The number of ether oxygens (including phenoxy) is 5. The maximum Gasteiger partial charge on any atom is 0.303 e. The molecule has 1 fully saturated rings. The van der Waals surface area contributed by atoms with E-state index in [0.29, 0.717) is 0 Å². The molecule has 0 saturated carbocycles. The molecule has 0 aromatic rings. The van der Waals surface area contributed by atoms with E-state index in [1.54, 1.807) is 6.92 Å². The third kappa shape index (κ3) is 3.89. The van der Waals surface area contributed by atoms with Gasteiger partial charge in [0.15, 0.2) is 12.4 Å². The fraction of sp³-hybridized carbons (Fsp3) is 0.833. The molecule has 0 radical (unpaired) electrons. The van der Waals surface area contributed by atoms with Gasteiger partial charge in [0.25, 0.3) is 0 Å². The number of carbonyl (C=O) groups is 2. The van der Waals surface area contributed by atoms with E-state index < -0.39 is 42.6 Å². The first kappa shape index (κ1) is 15.9. The lowest BCUT2D eigenvalue weighted by Crippen LogP contribution is -2.43. The molecular weight excluding hydrogens is 256 g/mol. The number of methoxy groups -OCH3 is 2. The standard InChI is InChI=1S/C12H20O7/c1-6(17-7(2)13)9-10(18-8(3)14)11(15-4)12(16-5)19-9/h6,9-12H,1-5H3/t6-,9-,10-,11-,12?/m0/s1. The van der Waals surface area contributed by atoms with Crippen molar-refractivity contribution in [1.82, 2.24) is 0 Å². The van der Waals surface area contributed by atoms with Crippen LogP contribution in [0.4, 0.5) is 0 Å². The summed E-state index contributed by atoms with van der Waals surface area (Å²) in [6, 6.07) is 0. The first-order valence-electron chi connectivity index (χ1n) is 5.96. The lowest BCUT2D eigenvalue weighted by Gasteiger charge is -2.25. The lowest BCUT2D eigenvalue weighted by molar-refractivity contribution is -0.178. The Morgan fingerprint density at radius 1 is 1.05 bits per heavy atom. The third-order valence-electron chi connectivity index (χ3n) is 2.83. The third-order valence-corrected chi connectivity index (χ3v) is 2.83. The Morgan fingerprint density at radius 2 is 1.68 bits per heavy atom. The second-order valence-corrected chi connectivity index (χ2v) is 4.29. The molecule has 1 heterocycles. The fourth-order valence-corrected chi connectivity index (χ4v) is 2.12. The Morgan fingerprint density at radius 3 is 2.11 bits per heavy atom. The van der Waals surface area contributed by atoms with E-state index in [4.69, 9.17) is 23.7 Å². The van der Waals surface area contributed by atoms with E-state index in [9.17, 15) is 9.59 Å². The molecule has 1 saturated heterocycles. The molecular formula is C12H20O7. The van der Waals surface area contributed by atoms with Crippen LogP contribution in [0.25, 0.3) is 0 Å². The van der Waals surface area contributed by atoms with Crippen molar-refractivity contribution < 1.29 is 33.3 Å². The number of rotatable bonds is 5. The molecule has 1 aliphatic rings. The van der Waals surface area contributed by atoms with Gasteiger partial charge in [-0.15, -0.1) is 0 Å². The van der Waals surface area contributed by atoms with Crippen LogP contribution in [0, 0.1) is 0 Å². The molecule has 7 nitrogen and oxygen atoms in total. The highest BCUT2D eigenvalue weighted by molar-refractivity contribution is 5.67. The van der Waals surface area contributed by atoms with Crippen LogP contribution in [-0.2, 0) is 33.3 Å². The molecule has 0 aliphatic carbocycles. The highest BCUT2D eigenvalue weighted by atomic mass is 16.7. The molecule has 0 aromatic heterocycles. The van der Waals surface area contributed by atoms with Gasteiger partial charge in [-0.2, -0.15) is 0 Å². The molecule has 1 rings (SSSR count). The Balaban J connectivity index is 2.86. The summed E-state index contributed by atoms with van der Waals surface area (Å²) in [7, 11) is 2.93. The van der Waals surface area contributed by atoms with Crippen LogP contribution >= 0.6 is 0 Å². The van der Waals surface area contributed by atoms with Gasteiger partial charge in [0.2, 0.25) is 0 Å². The number of esters is 2. The van der Waals surface area contributed by atoms with Crippen molar-refractivity contribution in [2.45, 2.75) is 51.5 Å². The molecule has 5 atom stereocenters. The summed E-state index contributed by atoms with van der Waals surface area (Å²) in [4.78, 5) is 22.2. The van der Waals surface area contributed by atoms with Gasteiger partial charge in [0.1, 0.15) is 18.3 Å². The van der Waals surface area contributed by atoms with E-state index >= 15 is 0 Å². The maximum atomic E-state index is 11.2. The fourth-order valence-electron chi connectivity index (χ4n) is 2.12. The summed E-state index contributed by atoms with van der Waals surface area (Å²) < 4.78 is 26.2. The highest BCUT2D eigenvalue weighted by Gasteiger charge is 2.50. The minimum Gasteiger partial charge on any atom is -0.460 e. The molecule has 7 heteroatoms. The Hall–Kier alpha value is -1.18. The second-order valence-electron chi connectivity index (χ2n) is 4.29. The number of hydrogen-bond acceptors (Lipinski definition) is 7. The summed E-state index contributed by atoms with van der Waals surface area (Å²) in [6.45, 7) is 4.25. The Bertz CT molecular complexity index is 330. The van der Waals surface area contributed by atoms with Crippen LogP contribution in [0.2, 0.25) is 0 Å². The van der Waals surface area contributed by atoms with Crippen molar-refractivity contribution in [2.75, 3.05) is 14.2 Å². The first-order chi connectivity index (χ1) is 8.90. The van der Waals surface area contributed by atoms with Gasteiger partial charge < -0.3 is 23.7 Å². The molecule has 0 N–H and O–H groups in total. The van der Waals surface area contributed by atoms with E-state index in [-0.39, 0.29) is 0 Å². The predicted octanol–water partition coefficient (Wildman–Crippen LogP) is 0.256. The lowest BCUT2D eigenvalue weighted by atomic mass is 10.1. The van der Waals surface area contributed by atoms with Gasteiger partial charge in [-0.05, 0) is 6.92 Å². The zero-order chi connectivity index (χ0) is 14.6. The summed E-state index contributed by atoms with van der Waals surface area (Å²) in [6.07, 6.45) is -3.17. The molecule has 110 valence electrons. The predicted molar refractivity (Wildman–Crippen MR) is 63.2 cm³/mol. The minimum absolute atomic E-state index is 0.437. The Kier molecular flexibility index (Phi) is 5.71. The average molecular weight is 276 g/mol. The van der Waals surface area contributed by atoms with Crippen LogP contribution in [0.15, 0.2) is 0 Å². The zero-order valence-corrected chi connectivity index (χ0v) is 11.7. The van der Waals surface area contributed by atoms with Gasteiger partial charge in [0, 0.05) is 28.1 Å². The molecule has 19 heavy (non-hydrogen) atoms. The number of hydrogen-bond donors (Lipinski definition) is 0. The normalized spacial score (nSPS) is 31.8. The smallest absolute Gasteiger partial charge is 0.303 e. The van der Waals surface area contributed by atoms with Crippen molar-refractivity contribution in [3.8, 4) is 0 Å². The van der Waals surface area contributed by atoms with Gasteiger partial charge >= 0.3 is 11.9 Å². The molecule has 0 spiro atoms. The average Bonchev–Trinajstić information content (AvgIpc) is 2.65. The molecule has 0 amide bonds.